The summed E-state index contributed by atoms with van der Waals surface area (Å²) in [6, 6.07) is 15.3. The Bertz CT molecular complexity index is 995. The SMILES string of the molecule is CCOc1ccc(C(=O)CCC(=O)N2CCC[C@@H](c3nc4ccccc4s3)C2)cc1. The van der Waals surface area contributed by atoms with E-state index >= 15 is 0 Å². The monoisotopic (exact) mass is 422 g/mol. The van der Waals surface area contributed by atoms with Crippen molar-refractivity contribution in [2.45, 2.75) is 38.5 Å². The van der Waals surface area contributed by atoms with Gasteiger partial charge in [0.15, 0.2) is 5.78 Å². The highest BCUT2D eigenvalue weighted by molar-refractivity contribution is 7.18. The van der Waals surface area contributed by atoms with Gasteiger partial charge in [0.2, 0.25) is 5.91 Å². The van der Waals surface area contributed by atoms with E-state index in [1.807, 2.05) is 30.0 Å². The molecule has 0 radical (unpaired) electrons. The number of fused-ring (bicyclic) bond motifs is 1. The highest BCUT2D eigenvalue weighted by Gasteiger charge is 2.27. The highest BCUT2D eigenvalue weighted by atomic mass is 32.1. The first-order valence-corrected chi connectivity index (χ1v) is 11.3. The Morgan fingerprint density at radius 2 is 1.93 bits per heavy atom. The standard InChI is InChI=1S/C24H26N2O3S/c1-2-29-19-11-9-17(10-12-19)21(27)13-14-23(28)26-15-5-6-18(16-26)24-25-20-7-3-4-8-22(20)30-24/h3-4,7-12,18H,2,5-6,13-16H2,1H3/t18-/m1/s1. The van der Waals surface area contributed by atoms with E-state index in [1.54, 1.807) is 35.6 Å². The van der Waals surface area contributed by atoms with Crippen LogP contribution in [-0.2, 0) is 4.79 Å². The second kappa shape index (κ2) is 9.39. The van der Waals surface area contributed by atoms with Gasteiger partial charge in [0, 0.05) is 37.4 Å². The van der Waals surface area contributed by atoms with Gasteiger partial charge in [-0.05, 0) is 56.2 Å². The number of thiazole rings is 1. The number of hydrogen-bond acceptors (Lipinski definition) is 5. The number of Topliss-reactive ketones (excluding diaryl/α,β-unsaturated/α-hetero) is 1. The number of rotatable bonds is 7. The lowest BCUT2D eigenvalue weighted by atomic mass is 9.98. The molecule has 6 heteroatoms. The maximum atomic E-state index is 12.8. The minimum atomic E-state index is -0.00821. The van der Waals surface area contributed by atoms with Crippen molar-refractivity contribution in [1.29, 1.82) is 0 Å². The lowest BCUT2D eigenvalue weighted by Crippen LogP contribution is -2.39. The third kappa shape index (κ3) is 4.70. The van der Waals surface area contributed by atoms with Crippen molar-refractivity contribution in [2.24, 2.45) is 0 Å². The predicted octanol–water partition coefficient (Wildman–Crippen LogP) is 5.06. The zero-order chi connectivity index (χ0) is 20.9. The largest absolute Gasteiger partial charge is 0.494 e. The van der Waals surface area contributed by atoms with Gasteiger partial charge in [0.05, 0.1) is 21.8 Å². The van der Waals surface area contributed by atoms with E-state index in [-0.39, 0.29) is 30.4 Å². The fraction of sp³-hybridized carbons (Fsp3) is 0.375. The summed E-state index contributed by atoms with van der Waals surface area (Å²) in [5.74, 6) is 1.08. The Labute approximate surface area is 180 Å². The van der Waals surface area contributed by atoms with Crippen LogP contribution >= 0.6 is 11.3 Å². The number of benzene rings is 2. The minimum absolute atomic E-state index is 0.00821. The quantitative estimate of drug-likeness (QED) is 0.499. The topological polar surface area (TPSA) is 59.5 Å². The number of piperidine rings is 1. The average Bonchev–Trinajstić information content (AvgIpc) is 3.22. The molecule has 1 atom stereocenters. The number of nitrogens with zero attached hydrogens (tertiary/aromatic N) is 2. The summed E-state index contributed by atoms with van der Waals surface area (Å²) < 4.78 is 6.60. The zero-order valence-corrected chi connectivity index (χ0v) is 18.0. The number of amides is 1. The molecular formula is C24H26N2O3S. The Morgan fingerprint density at radius 3 is 2.70 bits per heavy atom. The Morgan fingerprint density at radius 1 is 1.13 bits per heavy atom. The van der Waals surface area contributed by atoms with Crippen LogP contribution in [0.15, 0.2) is 48.5 Å². The summed E-state index contributed by atoms with van der Waals surface area (Å²) >= 11 is 1.72. The molecule has 5 nitrogen and oxygen atoms in total. The molecule has 4 rings (SSSR count). The van der Waals surface area contributed by atoms with E-state index in [0.29, 0.717) is 18.7 Å². The van der Waals surface area contributed by atoms with Crippen LogP contribution in [0.2, 0.25) is 0 Å². The highest BCUT2D eigenvalue weighted by Crippen LogP contribution is 2.33. The third-order valence-electron chi connectivity index (χ3n) is 5.49. The molecule has 1 fully saturated rings. The number of likely N-dealkylation sites (tertiary alicyclic amines) is 1. The summed E-state index contributed by atoms with van der Waals surface area (Å²) in [4.78, 5) is 31.9. The first-order chi connectivity index (χ1) is 14.6. The van der Waals surface area contributed by atoms with Crippen molar-refractivity contribution >= 4 is 33.2 Å². The average molecular weight is 423 g/mol. The lowest BCUT2D eigenvalue weighted by Gasteiger charge is -2.32. The molecule has 1 saturated heterocycles. The molecule has 2 heterocycles. The number of ketones is 1. The van der Waals surface area contributed by atoms with Crippen LogP contribution < -0.4 is 4.74 Å². The van der Waals surface area contributed by atoms with Gasteiger partial charge < -0.3 is 9.64 Å². The van der Waals surface area contributed by atoms with Gasteiger partial charge in [-0.25, -0.2) is 4.98 Å². The van der Waals surface area contributed by atoms with E-state index in [0.717, 1.165) is 35.7 Å². The normalized spacial score (nSPS) is 16.6. The number of ether oxygens (including phenoxy) is 1. The second-order valence-electron chi connectivity index (χ2n) is 7.58. The zero-order valence-electron chi connectivity index (χ0n) is 17.2. The molecule has 0 N–H and O–H groups in total. The van der Waals surface area contributed by atoms with Gasteiger partial charge in [-0.2, -0.15) is 0 Å². The molecule has 156 valence electrons. The van der Waals surface area contributed by atoms with Gasteiger partial charge >= 0.3 is 0 Å². The van der Waals surface area contributed by atoms with Crippen LogP contribution in [0.1, 0.15) is 53.9 Å². The number of hydrogen-bond donors (Lipinski definition) is 0. The molecule has 3 aromatic rings. The van der Waals surface area contributed by atoms with E-state index in [4.69, 9.17) is 9.72 Å². The summed E-state index contributed by atoms with van der Waals surface area (Å²) in [5.41, 5.74) is 1.65. The molecule has 1 amide bonds. The second-order valence-corrected chi connectivity index (χ2v) is 8.64. The Kier molecular flexibility index (Phi) is 6.43. The van der Waals surface area contributed by atoms with Gasteiger partial charge in [-0.3, -0.25) is 9.59 Å². The van der Waals surface area contributed by atoms with Crippen molar-refractivity contribution < 1.29 is 14.3 Å². The number of aromatic nitrogens is 1. The molecule has 1 aromatic heterocycles. The van der Waals surface area contributed by atoms with Crippen molar-refractivity contribution in [3.8, 4) is 5.75 Å². The fourth-order valence-electron chi connectivity index (χ4n) is 3.90. The molecule has 30 heavy (non-hydrogen) atoms. The molecule has 0 aliphatic carbocycles. The fourth-order valence-corrected chi connectivity index (χ4v) is 4.99. The predicted molar refractivity (Wildman–Crippen MR) is 119 cm³/mol. The summed E-state index contributed by atoms with van der Waals surface area (Å²) in [5, 5.41) is 1.11. The van der Waals surface area contributed by atoms with Crippen LogP contribution in [-0.4, -0.2) is 41.3 Å². The maximum absolute atomic E-state index is 12.8. The number of carbonyl (C=O) groups excluding carboxylic acids is 2. The van der Waals surface area contributed by atoms with Crippen molar-refractivity contribution in [1.82, 2.24) is 9.88 Å². The minimum Gasteiger partial charge on any atom is -0.494 e. The van der Waals surface area contributed by atoms with Crippen molar-refractivity contribution in [3.63, 3.8) is 0 Å². The molecule has 1 aliphatic heterocycles. The van der Waals surface area contributed by atoms with Crippen LogP contribution in [0.5, 0.6) is 5.75 Å². The molecule has 0 unspecified atom stereocenters. The van der Waals surface area contributed by atoms with E-state index in [9.17, 15) is 9.59 Å². The van der Waals surface area contributed by atoms with Crippen molar-refractivity contribution in [2.75, 3.05) is 19.7 Å². The van der Waals surface area contributed by atoms with E-state index < -0.39 is 0 Å². The van der Waals surface area contributed by atoms with Gasteiger partial charge in [-0.1, -0.05) is 12.1 Å². The van der Waals surface area contributed by atoms with Crippen LogP contribution in [0.3, 0.4) is 0 Å². The van der Waals surface area contributed by atoms with Crippen LogP contribution in [0.25, 0.3) is 10.2 Å². The first kappa shape index (κ1) is 20.5. The Balaban J connectivity index is 1.33. The van der Waals surface area contributed by atoms with Crippen LogP contribution in [0, 0.1) is 0 Å². The third-order valence-corrected chi connectivity index (χ3v) is 6.69. The first-order valence-electron chi connectivity index (χ1n) is 10.5. The molecular weight excluding hydrogens is 396 g/mol. The van der Waals surface area contributed by atoms with Gasteiger partial charge in [0.1, 0.15) is 5.75 Å². The molecule has 2 aromatic carbocycles. The van der Waals surface area contributed by atoms with E-state index in [2.05, 4.69) is 6.07 Å². The molecule has 0 saturated carbocycles. The lowest BCUT2D eigenvalue weighted by molar-refractivity contribution is -0.132. The Hall–Kier alpha value is -2.73. The maximum Gasteiger partial charge on any atom is 0.223 e. The van der Waals surface area contributed by atoms with E-state index in [1.165, 1.54) is 4.70 Å². The van der Waals surface area contributed by atoms with Gasteiger partial charge in [0.25, 0.3) is 0 Å². The van der Waals surface area contributed by atoms with Crippen LogP contribution in [0.4, 0.5) is 0 Å². The van der Waals surface area contributed by atoms with Crippen molar-refractivity contribution in [3.05, 3.63) is 59.1 Å². The smallest absolute Gasteiger partial charge is 0.223 e. The molecule has 0 bridgehead atoms. The van der Waals surface area contributed by atoms with Gasteiger partial charge in [-0.15, -0.1) is 11.3 Å². The summed E-state index contributed by atoms with van der Waals surface area (Å²) in [7, 11) is 0. The molecule has 1 aliphatic rings. The number of para-hydroxylation sites is 1. The molecule has 0 spiro atoms. The summed E-state index contributed by atoms with van der Waals surface area (Å²) in [6.45, 7) is 3.97. The summed E-state index contributed by atoms with van der Waals surface area (Å²) in [6.07, 6.45) is 2.50. The number of carbonyl (C=O) groups is 2.